The number of fused-ring (bicyclic) bond motifs is 1. The Balaban J connectivity index is 2.13. The fourth-order valence-electron chi connectivity index (χ4n) is 2.63. The number of aryl methyl sites for hydroxylation is 1. The lowest BCUT2D eigenvalue weighted by atomic mass is 10.1. The number of hydrogen-bond donors (Lipinski definition) is 0. The molecule has 0 atom stereocenters. The minimum atomic E-state index is -3.68. The van der Waals surface area contributed by atoms with Crippen LogP contribution in [0.2, 0.25) is 0 Å². The second-order valence-corrected chi connectivity index (χ2v) is 7.85. The smallest absolute Gasteiger partial charge is 0.266 e. The van der Waals surface area contributed by atoms with Gasteiger partial charge >= 0.3 is 0 Å². The second-order valence-electron chi connectivity index (χ2n) is 5.73. The van der Waals surface area contributed by atoms with Gasteiger partial charge in [-0.3, -0.25) is 9.59 Å². The quantitative estimate of drug-likeness (QED) is 0.799. The summed E-state index contributed by atoms with van der Waals surface area (Å²) in [6.45, 7) is 1.67. The third-order valence-corrected chi connectivity index (χ3v) is 5.94. The molecule has 0 aliphatic carbocycles. The Bertz CT molecular complexity index is 929. The zero-order chi connectivity index (χ0) is 17.6. The van der Waals surface area contributed by atoms with E-state index in [9.17, 15) is 18.0 Å². The van der Waals surface area contributed by atoms with Gasteiger partial charge in [-0.2, -0.15) is 0 Å². The van der Waals surface area contributed by atoms with E-state index in [-0.39, 0.29) is 10.6 Å². The Kier molecular flexibility index (Phi) is 3.77. The zero-order valence-electron chi connectivity index (χ0n) is 13.5. The van der Waals surface area contributed by atoms with Gasteiger partial charge in [-0.05, 0) is 36.8 Å². The molecule has 6 nitrogen and oxygen atoms in total. The number of sulfonamides is 1. The van der Waals surface area contributed by atoms with Gasteiger partial charge in [-0.15, -0.1) is 0 Å². The number of nitrogens with zero attached hydrogens (tertiary/aromatic N) is 2. The molecule has 3 rings (SSSR count). The van der Waals surface area contributed by atoms with Crippen molar-refractivity contribution in [3.8, 4) is 0 Å². The molecule has 0 spiro atoms. The van der Waals surface area contributed by atoms with E-state index in [4.69, 9.17) is 0 Å². The minimum Gasteiger partial charge on any atom is -0.268 e. The van der Waals surface area contributed by atoms with Gasteiger partial charge in [0.1, 0.15) is 0 Å². The van der Waals surface area contributed by atoms with Gasteiger partial charge in [-0.25, -0.2) is 17.6 Å². The summed E-state index contributed by atoms with van der Waals surface area (Å²) in [6, 6.07) is 11.1. The molecule has 0 aromatic heterocycles. The Labute approximate surface area is 140 Å². The van der Waals surface area contributed by atoms with Crippen molar-refractivity contribution in [3.05, 3.63) is 59.2 Å². The first-order valence-corrected chi connectivity index (χ1v) is 8.70. The van der Waals surface area contributed by atoms with Crippen LogP contribution in [-0.2, 0) is 10.0 Å². The third-order valence-electron chi connectivity index (χ3n) is 3.98. The number of benzene rings is 2. The predicted octanol–water partition coefficient (Wildman–Crippen LogP) is 2.05. The molecule has 0 radical (unpaired) electrons. The van der Waals surface area contributed by atoms with Crippen molar-refractivity contribution in [1.82, 2.24) is 4.31 Å². The van der Waals surface area contributed by atoms with Gasteiger partial charge < -0.3 is 0 Å². The summed E-state index contributed by atoms with van der Waals surface area (Å²) >= 11 is 0. The summed E-state index contributed by atoms with van der Waals surface area (Å²) < 4.78 is 26.0. The van der Waals surface area contributed by atoms with Crippen molar-refractivity contribution in [2.24, 2.45) is 0 Å². The largest absolute Gasteiger partial charge is 0.268 e. The van der Waals surface area contributed by atoms with E-state index in [2.05, 4.69) is 0 Å². The number of imide groups is 1. The molecule has 7 heteroatoms. The molecule has 1 aliphatic rings. The van der Waals surface area contributed by atoms with Crippen LogP contribution in [0, 0.1) is 6.92 Å². The van der Waals surface area contributed by atoms with Gasteiger partial charge in [0.2, 0.25) is 10.0 Å². The molecule has 0 saturated carbocycles. The van der Waals surface area contributed by atoms with Crippen LogP contribution in [0.4, 0.5) is 5.69 Å². The van der Waals surface area contributed by atoms with E-state index in [0.717, 1.165) is 9.21 Å². The highest BCUT2D eigenvalue weighted by molar-refractivity contribution is 7.89. The number of hydrogen-bond acceptors (Lipinski definition) is 4. The maximum atomic E-state index is 12.5. The van der Waals surface area contributed by atoms with Crippen LogP contribution >= 0.6 is 0 Å². The molecule has 0 saturated heterocycles. The molecule has 2 amide bonds. The molecule has 2 aromatic carbocycles. The average Bonchev–Trinajstić information content (AvgIpc) is 2.80. The SMILES string of the molecule is Cc1ccc(N2C(=O)c3ccccc3C2=O)cc1S(=O)(=O)N(C)C. The van der Waals surface area contributed by atoms with E-state index in [1.165, 1.54) is 20.2 Å². The fourth-order valence-corrected chi connectivity index (χ4v) is 3.76. The number of amides is 2. The lowest BCUT2D eigenvalue weighted by molar-refractivity contribution is 0.0926. The Morgan fingerprint density at radius 3 is 1.96 bits per heavy atom. The minimum absolute atomic E-state index is 0.0709. The molecule has 1 heterocycles. The summed E-state index contributed by atoms with van der Waals surface area (Å²) in [7, 11) is -0.810. The molecule has 0 N–H and O–H groups in total. The molecule has 1 aliphatic heterocycles. The molecular formula is C17H16N2O4S. The van der Waals surface area contributed by atoms with Crippen LogP contribution < -0.4 is 4.90 Å². The highest BCUT2D eigenvalue weighted by Gasteiger charge is 2.37. The van der Waals surface area contributed by atoms with Crippen molar-refractivity contribution >= 4 is 27.5 Å². The first-order valence-electron chi connectivity index (χ1n) is 7.26. The van der Waals surface area contributed by atoms with Crippen LogP contribution in [-0.4, -0.2) is 38.6 Å². The van der Waals surface area contributed by atoms with Gasteiger partial charge in [0.25, 0.3) is 11.8 Å². The molecule has 0 bridgehead atoms. The van der Waals surface area contributed by atoms with Gasteiger partial charge in [0.05, 0.1) is 21.7 Å². The Morgan fingerprint density at radius 2 is 1.46 bits per heavy atom. The topological polar surface area (TPSA) is 74.8 Å². The van der Waals surface area contributed by atoms with Gasteiger partial charge in [0.15, 0.2) is 0 Å². The van der Waals surface area contributed by atoms with Crippen LogP contribution in [0.3, 0.4) is 0 Å². The number of anilines is 1. The first-order chi connectivity index (χ1) is 11.2. The summed E-state index contributed by atoms with van der Waals surface area (Å²) in [5.74, 6) is -0.902. The van der Waals surface area contributed by atoms with Crippen LogP contribution in [0.5, 0.6) is 0 Å². The summed E-state index contributed by atoms with van der Waals surface area (Å²) in [5, 5.41) is 0. The highest BCUT2D eigenvalue weighted by Crippen LogP contribution is 2.31. The lowest BCUT2D eigenvalue weighted by Gasteiger charge is -2.18. The molecule has 124 valence electrons. The third kappa shape index (κ3) is 2.33. The van der Waals surface area contributed by atoms with Crippen LogP contribution in [0.1, 0.15) is 26.3 Å². The summed E-state index contributed by atoms with van der Waals surface area (Å²) in [5.41, 5.74) is 1.43. The Morgan fingerprint density at radius 1 is 0.917 bits per heavy atom. The molecule has 24 heavy (non-hydrogen) atoms. The van der Waals surface area contributed by atoms with Crippen molar-refractivity contribution in [2.45, 2.75) is 11.8 Å². The van der Waals surface area contributed by atoms with E-state index in [0.29, 0.717) is 16.7 Å². The number of carbonyl (C=O) groups excluding carboxylic acids is 2. The Hall–Kier alpha value is -2.51. The van der Waals surface area contributed by atoms with Crippen molar-refractivity contribution in [2.75, 3.05) is 19.0 Å². The number of rotatable bonds is 3. The van der Waals surface area contributed by atoms with Gasteiger partial charge in [0, 0.05) is 14.1 Å². The summed E-state index contributed by atoms with van der Waals surface area (Å²) in [4.78, 5) is 26.1. The molecule has 0 unspecified atom stereocenters. The van der Waals surface area contributed by atoms with Crippen molar-refractivity contribution in [3.63, 3.8) is 0 Å². The highest BCUT2D eigenvalue weighted by atomic mass is 32.2. The zero-order valence-corrected chi connectivity index (χ0v) is 14.3. The van der Waals surface area contributed by atoms with E-state index < -0.39 is 21.8 Å². The maximum absolute atomic E-state index is 12.5. The van der Waals surface area contributed by atoms with Gasteiger partial charge in [-0.1, -0.05) is 18.2 Å². The fraction of sp³-hybridized carbons (Fsp3) is 0.176. The predicted molar refractivity (Wildman–Crippen MR) is 89.6 cm³/mol. The van der Waals surface area contributed by atoms with E-state index in [1.54, 1.807) is 43.3 Å². The van der Waals surface area contributed by atoms with E-state index >= 15 is 0 Å². The van der Waals surface area contributed by atoms with Crippen molar-refractivity contribution in [1.29, 1.82) is 0 Å². The standard InChI is InChI=1S/C17H16N2O4S/c1-11-8-9-12(10-15(11)24(22,23)18(2)3)19-16(20)13-6-4-5-7-14(13)17(19)21/h4-10H,1-3H3. The van der Waals surface area contributed by atoms with E-state index in [1.807, 2.05) is 0 Å². The molecule has 0 fully saturated rings. The monoisotopic (exact) mass is 344 g/mol. The molecular weight excluding hydrogens is 328 g/mol. The summed E-state index contributed by atoms with van der Waals surface area (Å²) in [6.07, 6.45) is 0. The maximum Gasteiger partial charge on any atom is 0.266 e. The van der Waals surface area contributed by atoms with Crippen LogP contribution in [0.25, 0.3) is 0 Å². The number of carbonyl (C=O) groups is 2. The van der Waals surface area contributed by atoms with Crippen LogP contribution in [0.15, 0.2) is 47.4 Å². The molecule has 2 aromatic rings. The average molecular weight is 344 g/mol. The van der Waals surface area contributed by atoms with Crippen molar-refractivity contribution < 1.29 is 18.0 Å². The second kappa shape index (κ2) is 5.54. The first kappa shape index (κ1) is 16.4. The normalized spacial score (nSPS) is 14.4. The lowest BCUT2D eigenvalue weighted by Crippen LogP contribution is -2.30.